The monoisotopic (exact) mass is 187 g/mol. The fourth-order valence-electron chi connectivity index (χ4n) is 2.35. The Bertz CT molecular complexity index is 324. The molecule has 2 unspecified atom stereocenters. The molecule has 2 atom stereocenters. The molecule has 0 amide bonds. The molecule has 1 aromatic carbocycles. The topological polar surface area (TPSA) is 26.0 Å². The molecule has 0 bridgehead atoms. The first-order valence-electron chi connectivity index (χ1n) is 5.68. The Morgan fingerprint density at radius 3 is 2.21 bits per heavy atom. The first kappa shape index (κ1) is 8.49. The molecule has 1 aromatic rings. The summed E-state index contributed by atoms with van der Waals surface area (Å²) in [7, 11) is 0. The Hall–Kier alpha value is -0.820. The quantitative estimate of drug-likeness (QED) is 0.773. The van der Waals surface area contributed by atoms with Gasteiger partial charge in [-0.25, -0.2) is 0 Å². The Kier molecular flexibility index (Phi) is 1.88. The van der Waals surface area contributed by atoms with Gasteiger partial charge in [-0.2, -0.15) is 0 Å². The smallest absolute Gasteiger partial charge is 0.00428 e. The standard InChI is InChI=1S/C13H17N/c14-8-12-7-13(12)11-5-3-10(4-6-11)9-1-2-9/h3-6,9,12-13H,1-2,7-8,14H2. The molecule has 0 radical (unpaired) electrons. The molecule has 2 N–H and O–H groups in total. The van der Waals surface area contributed by atoms with Gasteiger partial charge in [-0.05, 0) is 54.7 Å². The lowest BCUT2D eigenvalue weighted by atomic mass is 10.0. The molecule has 2 fully saturated rings. The molecule has 0 aromatic heterocycles. The summed E-state index contributed by atoms with van der Waals surface area (Å²) >= 11 is 0. The highest BCUT2D eigenvalue weighted by Crippen LogP contribution is 2.47. The van der Waals surface area contributed by atoms with Crippen LogP contribution in [0.4, 0.5) is 0 Å². The summed E-state index contributed by atoms with van der Waals surface area (Å²) < 4.78 is 0. The Balaban J connectivity index is 1.74. The maximum absolute atomic E-state index is 5.65. The highest BCUT2D eigenvalue weighted by molar-refractivity contribution is 5.32. The summed E-state index contributed by atoms with van der Waals surface area (Å²) in [6.45, 7) is 0.856. The fraction of sp³-hybridized carbons (Fsp3) is 0.538. The van der Waals surface area contributed by atoms with Crippen molar-refractivity contribution in [1.29, 1.82) is 0 Å². The van der Waals surface area contributed by atoms with Crippen molar-refractivity contribution >= 4 is 0 Å². The lowest BCUT2D eigenvalue weighted by Gasteiger charge is -2.01. The van der Waals surface area contributed by atoms with Crippen LogP contribution in [0.3, 0.4) is 0 Å². The Labute approximate surface area is 85.3 Å². The second-order valence-corrected chi connectivity index (χ2v) is 4.78. The van der Waals surface area contributed by atoms with Crippen LogP contribution < -0.4 is 5.73 Å². The highest BCUT2D eigenvalue weighted by Gasteiger charge is 2.36. The van der Waals surface area contributed by atoms with Gasteiger partial charge < -0.3 is 5.73 Å². The van der Waals surface area contributed by atoms with Gasteiger partial charge in [0.15, 0.2) is 0 Å². The van der Waals surface area contributed by atoms with Gasteiger partial charge in [0.05, 0.1) is 0 Å². The molecule has 1 heteroatoms. The van der Waals surface area contributed by atoms with Crippen LogP contribution in [0.25, 0.3) is 0 Å². The van der Waals surface area contributed by atoms with E-state index in [4.69, 9.17) is 5.73 Å². The zero-order valence-electron chi connectivity index (χ0n) is 8.45. The van der Waals surface area contributed by atoms with E-state index in [-0.39, 0.29) is 0 Å². The summed E-state index contributed by atoms with van der Waals surface area (Å²) in [5.74, 6) is 2.42. The van der Waals surface area contributed by atoms with Crippen molar-refractivity contribution in [2.75, 3.05) is 6.54 Å². The first-order valence-corrected chi connectivity index (χ1v) is 5.68. The summed E-state index contributed by atoms with van der Waals surface area (Å²) in [5.41, 5.74) is 8.69. The molecule has 2 aliphatic carbocycles. The maximum Gasteiger partial charge on any atom is -0.00428 e. The van der Waals surface area contributed by atoms with Crippen molar-refractivity contribution in [3.63, 3.8) is 0 Å². The first-order chi connectivity index (χ1) is 6.88. The van der Waals surface area contributed by atoms with Crippen molar-refractivity contribution in [2.24, 2.45) is 11.7 Å². The van der Waals surface area contributed by atoms with E-state index >= 15 is 0 Å². The number of rotatable bonds is 3. The van der Waals surface area contributed by atoms with E-state index in [2.05, 4.69) is 24.3 Å². The SMILES string of the molecule is NCC1CC1c1ccc(C2CC2)cc1. The van der Waals surface area contributed by atoms with Crippen LogP contribution in [-0.2, 0) is 0 Å². The van der Waals surface area contributed by atoms with Crippen molar-refractivity contribution < 1.29 is 0 Å². The molecule has 74 valence electrons. The van der Waals surface area contributed by atoms with Gasteiger partial charge >= 0.3 is 0 Å². The molecular formula is C13H17N. The number of nitrogens with two attached hydrogens (primary N) is 1. The molecular weight excluding hydrogens is 170 g/mol. The molecule has 2 saturated carbocycles. The van der Waals surface area contributed by atoms with Crippen molar-refractivity contribution in [3.05, 3.63) is 35.4 Å². The molecule has 0 spiro atoms. The van der Waals surface area contributed by atoms with Gasteiger partial charge in [-0.15, -0.1) is 0 Å². The average molecular weight is 187 g/mol. The molecule has 0 aliphatic heterocycles. The van der Waals surface area contributed by atoms with Gasteiger partial charge in [0.2, 0.25) is 0 Å². The average Bonchev–Trinajstić information content (AvgIpc) is 3.11. The van der Waals surface area contributed by atoms with Crippen molar-refractivity contribution in [3.8, 4) is 0 Å². The second kappa shape index (κ2) is 3.09. The molecule has 2 aliphatic rings. The van der Waals surface area contributed by atoms with E-state index in [1.165, 1.54) is 24.8 Å². The van der Waals surface area contributed by atoms with Crippen molar-refractivity contribution in [2.45, 2.75) is 31.1 Å². The molecule has 0 heterocycles. The van der Waals surface area contributed by atoms with Crippen LogP contribution in [0.15, 0.2) is 24.3 Å². The van der Waals surface area contributed by atoms with Crippen LogP contribution in [0, 0.1) is 5.92 Å². The minimum Gasteiger partial charge on any atom is -0.330 e. The number of hydrogen-bond donors (Lipinski definition) is 1. The second-order valence-electron chi connectivity index (χ2n) is 4.78. The van der Waals surface area contributed by atoms with Crippen LogP contribution in [0.2, 0.25) is 0 Å². The fourth-order valence-corrected chi connectivity index (χ4v) is 2.35. The van der Waals surface area contributed by atoms with Crippen LogP contribution >= 0.6 is 0 Å². The summed E-state index contributed by atoms with van der Waals surface area (Å²) in [6.07, 6.45) is 4.10. The van der Waals surface area contributed by atoms with E-state index in [0.29, 0.717) is 0 Å². The van der Waals surface area contributed by atoms with Gasteiger partial charge in [0.25, 0.3) is 0 Å². The predicted molar refractivity (Wildman–Crippen MR) is 58.3 cm³/mol. The Morgan fingerprint density at radius 1 is 1.07 bits per heavy atom. The molecule has 14 heavy (non-hydrogen) atoms. The zero-order valence-corrected chi connectivity index (χ0v) is 8.45. The van der Waals surface area contributed by atoms with E-state index < -0.39 is 0 Å². The minimum absolute atomic E-state index is 0.766. The van der Waals surface area contributed by atoms with Gasteiger partial charge in [-0.3, -0.25) is 0 Å². The maximum atomic E-state index is 5.65. The van der Waals surface area contributed by atoms with Gasteiger partial charge in [0.1, 0.15) is 0 Å². The molecule has 0 saturated heterocycles. The third-order valence-corrected chi connectivity index (χ3v) is 3.64. The van der Waals surface area contributed by atoms with Crippen LogP contribution in [0.1, 0.15) is 42.2 Å². The van der Waals surface area contributed by atoms with E-state index in [9.17, 15) is 0 Å². The van der Waals surface area contributed by atoms with E-state index in [0.717, 1.165) is 24.3 Å². The number of benzene rings is 1. The zero-order chi connectivity index (χ0) is 9.54. The van der Waals surface area contributed by atoms with E-state index in [1.54, 1.807) is 5.56 Å². The number of hydrogen-bond acceptors (Lipinski definition) is 1. The molecule has 3 rings (SSSR count). The summed E-state index contributed by atoms with van der Waals surface area (Å²) in [4.78, 5) is 0. The Morgan fingerprint density at radius 2 is 1.71 bits per heavy atom. The molecule has 1 nitrogen and oxygen atoms in total. The van der Waals surface area contributed by atoms with Crippen LogP contribution in [-0.4, -0.2) is 6.54 Å². The predicted octanol–water partition coefficient (Wildman–Crippen LogP) is 2.63. The van der Waals surface area contributed by atoms with Gasteiger partial charge in [-0.1, -0.05) is 24.3 Å². The summed E-state index contributed by atoms with van der Waals surface area (Å²) in [6, 6.07) is 9.26. The minimum atomic E-state index is 0.766. The van der Waals surface area contributed by atoms with E-state index in [1.807, 2.05) is 0 Å². The lowest BCUT2D eigenvalue weighted by Crippen LogP contribution is -2.01. The third kappa shape index (κ3) is 1.46. The van der Waals surface area contributed by atoms with Crippen molar-refractivity contribution in [1.82, 2.24) is 0 Å². The largest absolute Gasteiger partial charge is 0.330 e. The normalized spacial score (nSPS) is 30.4. The third-order valence-electron chi connectivity index (χ3n) is 3.64. The lowest BCUT2D eigenvalue weighted by molar-refractivity contribution is 0.809. The van der Waals surface area contributed by atoms with Gasteiger partial charge in [0, 0.05) is 0 Å². The highest BCUT2D eigenvalue weighted by atomic mass is 14.6. The summed E-state index contributed by atoms with van der Waals surface area (Å²) in [5, 5.41) is 0. The van der Waals surface area contributed by atoms with Crippen LogP contribution in [0.5, 0.6) is 0 Å².